The first kappa shape index (κ1) is 18.0. The van der Waals surface area contributed by atoms with Crippen molar-refractivity contribution in [3.05, 3.63) is 53.6 Å². The molecule has 5 nitrogen and oxygen atoms in total. The maximum atomic E-state index is 13.0. The standard InChI is InChI=1S/C16H18F3N3O2/c1-10(23)14(22-8-13(15(20)24)21-9-22)7-6-11-4-2-3-5-12(11)16(17,18)19/h2-5,8-10,14,23H,6-7H2,1H3,(H2,20,24)/t10-,14+/m0/s1. The zero-order valence-electron chi connectivity index (χ0n) is 13.0. The van der Waals surface area contributed by atoms with Gasteiger partial charge in [-0.05, 0) is 31.4 Å². The van der Waals surface area contributed by atoms with E-state index in [-0.39, 0.29) is 24.1 Å². The van der Waals surface area contributed by atoms with E-state index in [0.717, 1.165) is 6.07 Å². The number of rotatable bonds is 6. The molecule has 0 fully saturated rings. The van der Waals surface area contributed by atoms with E-state index in [1.165, 1.54) is 36.1 Å². The maximum Gasteiger partial charge on any atom is 0.416 e. The van der Waals surface area contributed by atoms with Crippen LogP contribution in [0.5, 0.6) is 0 Å². The minimum absolute atomic E-state index is 0.0383. The number of alkyl halides is 3. The molecule has 2 atom stereocenters. The SMILES string of the molecule is C[C@H](O)[C@@H](CCc1ccccc1C(F)(F)F)n1cnc(C(N)=O)c1. The van der Waals surface area contributed by atoms with Gasteiger partial charge in [-0.25, -0.2) is 4.98 Å². The molecule has 3 N–H and O–H groups in total. The molecule has 0 unspecified atom stereocenters. The van der Waals surface area contributed by atoms with E-state index in [1.54, 1.807) is 6.07 Å². The van der Waals surface area contributed by atoms with Gasteiger partial charge in [0.15, 0.2) is 0 Å². The Kier molecular flexibility index (Phi) is 5.28. The lowest BCUT2D eigenvalue weighted by Crippen LogP contribution is -2.22. The van der Waals surface area contributed by atoms with Crippen molar-refractivity contribution >= 4 is 5.91 Å². The van der Waals surface area contributed by atoms with Crippen LogP contribution in [0.2, 0.25) is 0 Å². The number of aliphatic hydroxyl groups excluding tert-OH is 1. The third kappa shape index (κ3) is 4.14. The molecule has 1 heterocycles. The van der Waals surface area contributed by atoms with Gasteiger partial charge >= 0.3 is 6.18 Å². The van der Waals surface area contributed by atoms with Crippen LogP contribution in [0.3, 0.4) is 0 Å². The summed E-state index contributed by atoms with van der Waals surface area (Å²) >= 11 is 0. The Morgan fingerprint density at radius 1 is 1.38 bits per heavy atom. The van der Waals surface area contributed by atoms with Gasteiger partial charge in [-0.3, -0.25) is 4.79 Å². The second-order valence-corrected chi connectivity index (χ2v) is 5.57. The van der Waals surface area contributed by atoms with E-state index in [9.17, 15) is 23.1 Å². The number of nitrogens with two attached hydrogens (primary N) is 1. The van der Waals surface area contributed by atoms with E-state index in [0.29, 0.717) is 0 Å². The number of carbonyl (C=O) groups excluding carboxylic acids is 1. The third-order valence-corrected chi connectivity index (χ3v) is 3.83. The van der Waals surface area contributed by atoms with Gasteiger partial charge < -0.3 is 15.4 Å². The first-order chi connectivity index (χ1) is 11.2. The zero-order valence-corrected chi connectivity index (χ0v) is 13.0. The van der Waals surface area contributed by atoms with Crippen LogP contribution in [0, 0.1) is 0 Å². The van der Waals surface area contributed by atoms with Crippen molar-refractivity contribution in [1.29, 1.82) is 0 Å². The first-order valence-corrected chi connectivity index (χ1v) is 7.36. The smallest absolute Gasteiger partial charge is 0.391 e. The second-order valence-electron chi connectivity index (χ2n) is 5.57. The number of carbonyl (C=O) groups is 1. The largest absolute Gasteiger partial charge is 0.416 e. The van der Waals surface area contributed by atoms with Crippen LogP contribution in [-0.2, 0) is 12.6 Å². The summed E-state index contributed by atoms with van der Waals surface area (Å²) in [7, 11) is 0. The quantitative estimate of drug-likeness (QED) is 0.847. The predicted octanol–water partition coefficient (Wildman–Crippen LogP) is 2.56. The highest BCUT2D eigenvalue weighted by Gasteiger charge is 2.33. The number of aliphatic hydroxyl groups is 1. The number of nitrogens with zero attached hydrogens (tertiary/aromatic N) is 2. The lowest BCUT2D eigenvalue weighted by molar-refractivity contribution is -0.138. The van der Waals surface area contributed by atoms with Crippen LogP contribution in [0.4, 0.5) is 13.2 Å². The molecule has 0 aliphatic carbocycles. The minimum Gasteiger partial charge on any atom is -0.391 e. The maximum absolute atomic E-state index is 13.0. The molecule has 1 aromatic carbocycles. The van der Waals surface area contributed by atoms with Crippen molar-refractivity contribution in [3.8, 4) is 0 Å². The average molecular weight is 341 g/mol. The Labute approximate surface area is 136 Å². The van der Waals surface area contributed by atoms with Gasteiger partial charge in [0.25, 0.3) is 5.91 Å². The van der Waals surface area contributed by atoms with Crippen molar-refractivity contribution < 1.29 is 23.1 Å². The summed E-state index contributed by atoms with van der Waals surface area (Å²) in [6, 6.07) is 4.82. The van der Waals surface area contributed by atoms with Crippen LogP contribution in [0.25, 0.3) is 0 Å². The van der Waals surface area contributed by atoms with Gasteiger partial charge in [0.2, 0.25) is 0 Å². The molecule has 0 spiro atoms. The predicted molar refractivity (Wildman–Crippen MR) is 81.2 cm³/mol. The van der Waals surface area contributed by atoms with Crippen LogP contribution < -0.4 is 5.73 Å². The molecule has 8 heteroatoms. The molecule has 0 aliphatic rings. The number of aromatic nitrogens is 2. The van der Waals surface area contributed by atoms with Gasteiger partial charge in [0.05, 0.1) is 24.0 Å². The fourth-order valence-electron chi connectivity index (χ4n) is 2.60. The van der Waals surface area contributed by atoms with E-state index in [2.05, 4.69) is 4.98 Å². The minimum atomic E-state index is -4.43. The number of hydrogen-bond acceptors (Lipinski definition) is 3. The van der Waals surface area contributed by atoms with Gasteiger partial charge in [0.1, 0.15) is 5.69 Å². The van der Waals surface area contributed by atoms with Gasteiger partial charge in [0, 0.05) is 6.20 Å². The highest BCUT2D eigenvalue weighted by atomic mass is 19.4. The molecular formula is C16H18F3N3O2. The fraction of sp³-hybridized carbons (Fsp3) is 0.375. The number of hydrogen-bond donors (Lipinski definition) is 2. The van der Waals surface area contributed by atoms with E-state index >= 15 is 0 Å². The van der Waals surface area contributed by atoms with Crippen LogP contribution in [0.15, 0.2) is 36.8 Å². The van der Waals surface area contributed by atoms with Crippen molar-refractivity contribution in [3.63, 3.8) is 0 Å². The van der Waals surface area contributed by atoms with Gasteiger partial charge in [-0.2, -0.15) is 13.2 Å². The Morgan fingerprint density at radius 2 is 2.04 bits per heavy atom. The molecule has 24 heavy (non-hydrogen) atoms. The topological polar surface area (TPSA) is 81.1 Å². The van der Waals surface area contributed by atoms with Crippen LogP contribution in [-0.4, -0.2) is 26.7 Å². The molecule has 130 valence electrons. The summed E-state index contributed by atoms with van der Waals surface area (Å²) in [6.45, 7) is 1.53. The molecule has 1 aromatic heterocycles. The lowest BCUT2D eigenvalue weighted by Gasteiger charge is -2.22. The van der Waals surface area contributed by atoms with Gasteiger partial charge in [-0.1, -0.05) is 18.2 Å². The highest BCUT2D eigenvalue weighted by molar-refractivity contribution is 5.90. The Hall–Kier alpha value is -2.35. The number of halogens is 3. The first-order valence-electron chi connectivity index (χ1n) is 7.36. The Balaban J connectivity index is 2.20. The molecule has 2 rings (SSSR count). The molecular weight excluding hydrogens is 323 g/mol. The summed E-state index contributed by atoms with van der Waals surface area (Å²) in [5.41, 5.74) is 4.65. The summed E-state index contributed by atoms with van der Waals surface area (Å²) in [5.74, 6) is -0.708. The molecule has 0 aliphatic heterocycles. The molecule has 0 saturated carbocycles. The highest BCUT2D eigenvalue weighted by Crippen LogP contribution is 2.33. The van der Waals surface area contributed by atoms with Crippen molar-refractivity contribution in [2.45, 2.75) is 38.1 Å². The van der Waals surface area contributed by atoms with Crippen LogP contribution >= 0.6 is 0 Å². The molecule has 1 amide bonds. The zero-order chi connectivity index (χ0) is 17.9. The molecule has 0 saturated heterocycles. The lowest BCUT2D eigenvalue weighted by atomic mass is 9.98. The summed E-state index contributed by atoms with van der Waals surface area (Å²) in [5, 5.41) is 9.93. The van der Waals surface area contributed by atoms with Crippen LogP contribution in [0.1, 0.15) is 41.0 Å². The molecule has 2 aromatic rings. The number of imidazole rings is 1. The number of aryl methyl sites for hydroxylation is 1. The summed E-state index contributed by atoms with van der Waals surface area (Å²) < 4.78 is 40.6. The number of primary amides is 1. The van der Waals surface area contributed by atoms with Crippen molar-refractivity contribution in [2.24, 2.45) is 5.73 Å². The molecule has 0 bridgehead atoms. The van der Waals surface area contributed by atoms with E-state index in [1.807, 2.05) is 0 Å². The van der Waals surface area contributed by atoms with E-state index < -0.39 is 29.8 Å². The van der Waals surface area contributed by atoms with Crippen molar-refractivity contribution in [2.75, 3.05) is 0 Å². The number of amides is 1. The van der Waals surface area contributed by atoms with E-state index in [4.69, 9.17) is 5.73 Å². The monoisotopic (exact) mass is 341 g/mol. The van der Waals surface area contributed by atoms with Crippen molar-refractivity contribution in [1.82, 2.24) is 9.55 Å². The second kappa shape index (κ2) is 7.04. The normalized spacial score (nSPS) is 14.4. The fourth-order valence-corrected chi connectivity index (χ4v) is 2.60. The Morgan fingerprint density at radius 3 is 2.58 bits per heavy atom. The molecule has 0 radical (unpaired) electrons. The third-order valence-electron chi connectivity index (χ3n) is 3.83. The summed E-state index contributed by atoms with van der Waals surface area (Å²) in [4.78, 5) is 14.9. The Bertz CT molecular complexity index is 711. The average Bonchev–Trinajstić information content (AvgIpc) is 2.96. The summed E-state index contributed by atoms with van der Waals surface area (Å²) in [6.07, 6.45) is -2.17. The van der Waals surface area contributed by atoms with Gasteiger partial charge in [-0.15, -0.1) is 0 Å². The number of benzene rings is 1.